The predicted molar refractivity (Wildman–Crippen MR) is 115 cm³/mol. The summed E-state index contributed by atoms with van der Waals surface area (Å²) in [5.41, 5.74) is 2.69. The van der Waals surface area contributed by atoms with Crippen molar-refractivity contribution in [2.45, 2.75) is 31.7 Å². The van der Waals surface area contributed by atoms with Gasteiger partial charge in [-0.3, -0.25) is 9.69 Å². The SMILES string of the molecule is O=C(CN1CCCCC1)N1N=C(c2ccccc2Cl)C[C@H]1c1ccc2c(c1)OCO2. The van der Waals surface area contributed by atoms with Crippen molar-refractivity contribution in [3.63, 3.8) is 0 Å². The topological polar surface area (TPSA) is 54.4 Å². The summed E-state index contributed by atoms with van der Waals surface area (Å²) in [5, 5.41) is 7.04. The first kappa shape index (κ1) is 19.4. The molecule has 3 aliphatic rings. The Labute approximate surface area is 181 Å². The van der Waals surface area contributed by atoms with Crippen LogP contribution >= 0.6 is 11.6 Å². The number of hydrogen-bond donors (Lipinski definition) is 0. The number of piperidine rings is 1. The molecule has 0 bridgehead atoms. The Hall–Kier alpha value is -2.57. The van der Waals surface area contributed by atoms with Crippen molar-refractivity contribution < 1.29 is 14.3 Å². The number of hydrogen-bond acceptors (Lipinski definition) is 5. The zero-order chi connectivity index (χ0) is 20.5. The minimum atomic E-state index is -0.192. The predicted octanol–water partition coefficient (Wildman–Crippen LogP) is 4.23. The fourth-order valence-electron chi connectivity index (χ4n) is 4.36. The third kappa shape index (κ3) is 3.77. The number of likely N-dealkylation sites (tertiary alicyclic amines) is 1. The van der Waals surface area contributed by atoms with E-state index in [1.54, 1.807) is 5.01 Å². The third-order valence-corrected chi connectivity index (χ3v) is 6.27. The average molecular weight is 426 g/mol. The summed E-state index contributed by atoms with van der Waals surface area (Å²) < 4.78 is 11.0. The van der Waals surface area contributed by atoms with Crippen LogP contribution in [0.3, 0.4) is 0 Å². The second kappa shape index (κ2) is 8.28. The van der Waals surface area contributed by atoms with Gasteiger partial charge in [-0.2, -0.15) is 5.10 Å². The zero-order valence-electron chi connectivity index (χ0n) is 16.7. The second-order valence-corrected chi connectivity index (χ2v) is 8.34. The number of hydrazone groups is 1. The molecule has 3 aliphatic heterocycles. The van der Waals surface area contributed by atoms with E-state index in [1.165, 1.54) is 6.42 Å². The molecular formula is C23H24ClN3O3. The summed E-state index contributed by atoms with van der Waals surface area (Å²) in [6, 6.07) is 13.3. The van der Waals surface area contributed by atoms with Crippen molar-refractivity contribution in [1.29, 1.82) is 0 Å². The van der Waals surface area contributed by atoms with Crippen molar-refractivity contribution in [3.8, 4) is 11.5 Å². The molecule has 7 heteroatoms. The second-order valence-electron chi connectivity index (χ2n) is 7.93. The van der Waals surface area contributed by atoms with Gasteiger partial charge in [0, 0.05) is 17.0 Å². The van der Waals surface area contributed by atoms with Crippen LogP contribution in [0.4, 0.5) is 0 Å². The van der Waals surface area contributed by atoms with Crippen LogP contribution in [-0.4, -0.2) is 48.0 Å². The number of halogens is 1. The minimum Gasteiger partial charge on any atom is -0.454 e. The quantitative estimate of drug-likeness (QED) is 0.735. The number of carbonyl (C=O) groups is 1. The smallest absolute Gasteiger partial charge is 0.257 e. The van der Waals surface area contributed by atoms with Crippen molar-refractivity contribution in [3.05, 3.63) is 58.6 Å². The van der Waals surface area contributed by atoms with E-state index < -0.39 is 0 Å². The highest BCUT2D eigenvalue weighted by atomic mass is 35.5. The number of fused-ring (bicyclic) bond motifs is 1. The van der Waals surface area contributed by atoms with Crippen molar-refractivity contribution in [1.82, 2.24) is 9.91 Å². The number of amides is 1. The summed E-state index contributed by atoms with van der Waals surface area (Å²) in [5.74, 6) is 1.46. The Kier molecular flexibility index (Phi) is 5.35. The lowest BCUT2D eigenvalue weighted by Gasteiger charge is -2.29. The molecule has 2 aromatic carbocycles. The fourth-order valence-corrected chi connectivity index (χ4v) is 4.60. The largest absolute Gasteiger partial charge is 0.454 e. The van der Waals surface area contributed by atoms with Gasteiger partial charge in [-0.1, -0.05) is 42.3 Å². The lowest BCUT2D eigenvalue weighted by Crippen LogP contribution is -2.40. The molecule has 0 aliphatic carbocycles. The molecule has 0 unspecified atom stereocenters. The first-order valence-electron chi connectivity index (χ1n) is 10.5. The molecule has 1 amide bonds. The van der Waals surface area contributed by atoms with E-state index in [-0.39, 0.29) is 18.7 Å². The van der Waals surface area contributed by atoms with Gasteiger partial charge in [-0.15, -0.1) is 0 Å². The molecule has 2 aromatic rings. The Morgan fingerprint density at radius 1 is 1.07 bits per heavy atom. The standard InChI is InChI=1S/C23H24ClN3O3/c24-18-7-3-2-6-17(18)19-13-20(16-8-9-21-22(12-16)30-15-29-21)27(25-19)23(28)14-26-10-4-1-5-11-26/h2-3,6-9,12,20H,1,4-5,10-11,13-15H2/t20-/m0/s1. The summed E-state index contributed by atoms with van der Waals surface area (Å²) in [6.45, 7) is 2.55. The van der Waals surface area contributed by atoms with Crippen LogP contribution in [0.25, 0.3) is 0 Å². The monoisotopic (exact) mass is 425 g/mol. The van der Waals surface area contributed by atoms with E-state index in [0.29, 0.717) is 23.7 Å². The molecule has 5 rings (SSSR count). The van der Waals surface area contributed by atoms with Crippen LogP contribution in [0, 0.1) is 0 Å². The highest BCUT2D eigenvalue weighted by Gasteiger charge is 2.35. The molecule has 0 spiro atoms. The van der Waals surface area contributed by atoms with Crippen molar-refractivity contribution in [2.75, 3.05) is 26.4 Å². The average Bonchev–Trinajstić information content (AvgIpc) is 3.41. The van der Waals surface area contributed by atoms with Crippen LogP contribution in [0.15, 0.2) is 47.6 Å². The van der Waals surface area contributed by atoms with E-state index in [4.69, 9.17) is 26.2 Å². The highest BCUT2D eigenvalue weighted by molar-refractivity contribution is 6.34. The summed E-state index contributed by atoms with van der Waals surface area (Å²) in [6.07, 6.45) is 4.14. The number of ether oxygens (including phenoxy) is 2. The third-order valence-electron chi connectivity index (χ3n) is 5.94. The van der Waals surface area contributed by atoms with E-state index in [9.17, 15) is 4.79 Å². The van der Waals surface area contributed by atoms with Gasteiger partial charge >= 0.3 is 0 Å². The van der Waals surface area contributed by atoms with Gasteiger partial charge in [-0.25, -0.2) is 5.01 Å². The zero-order valence-corrected chi connectivity index (χ0v) is 17.5. The first-order chi connectivity index (χ1) is 14.7. The molecule has 0 radical (unpaired) electrons. The lowest BCUT2D eigenvalue weighted by atomic mass is 9.98. The molecule has 1 saturated heterocycles. The maximum atomic E-state index is 13.3. The Morgan fingerprint density at radius 3 is 2.70 bits per heavy atom. The molecule has 1 fully saturated rings. The maximum Gasteiger partial charge on any atom is 0.257 e. The van der Waals surface area contributed by atoms with E-state index in [0.717, 1.165) is 48.5 Å². The van der Waals surface area contributed by atoms with Crippen molar-refractivity contribution in [2.24, 2.45) is 5.10 Å². The number of rotatable bonds is 4. The fraction of sp³-hybridized carbons (Fsp3) is 0.391. The lowest BCUT2D eigenvalue weighted by molar-refractivity contribution is -0.134. The van der Waals surface area contributed by atoms with Gasteiger partial charge in [0.1, 0.15) is 0 Å². The van der Waals surface area contributed by atoms with Crippen LogP contribution in [0.1, 0.15) is 42.9 Å². The Balaban J connectivity index is 1.45. The minimum absolute atomic E-state index is 0.0154. The number of nitrogens with zero attached hydrogens (tertiary/aromatic N) is 3. The van der Waals surface area contributed by atoms with Crippen LogP contribution < -0.4 is 9.47 Å². The molecule has 3 heterocycles. The van der Waals surface area contributed by atoms with E-state index in [2.05, 4.69) is 4.90 Å². The van der Waals surface area contributed by atoms with Gasteiger partial charge in [0.25, 0.3) is 5.91 Å². The van der Waals surface area contributed by atoms with E-state index >= 15 is 0 Å². The van der Waals surface area contributed by atoms with Crippen LogP contribution in [0.2, 0.25) is 5.02 Å². The maximum absolute atomic E-state index is 13.3. The molecule has 0 aromatic heterocycles. The van der Waals surface area contributed by atoms with Gasteiger partial charge in [-0.05, 0) is 49.7 Å². The van der Waals surface area contributed by atoms with Crippen LogP contribution in [0.5, 0.6) is 11.5 Å². The van der Waals surface area contributed by atoms with E-state index in [1.807, 2.05) is 42.5 Å². The normalized spacial score (nSPS) is 21.0. The van der Waals surface area contributed by atoms with Gasteiger partial charge < -0.3 is 9.47 Å². The Bertz CT molecular complexity index is 987. The van der Waals surface area contributed by atoms with Crippen molar-refractivity contribution >= 4 is 23.2 Å². The molecular weight excluding hydrogens is 402 g/mol. The molecule has 0 saturated carbocycles. The van der Waals surface area contributed by atoms with Gasteiger partial charge in [0.05, 0.1) is 18.3 Å². The number of benzene rings is 2. The highest BCUT2D eigenvalue weighted by Crippen LogP contribution is 2.39. The van der Waals surface area contributed by atoms with Crippen LogP contribution in [-0.2, 0) is 4.79 Å². The first-order valence-corrected chi connectivity index (χ1v) is 10.8. The summed E-state index contributed by atoms with van der Waals surface area (Å²) in [4.78, 5) is 15.5. The molecule has 30 heavy (non-hydrogen) atoms. The Morgan fingerprint density at radius 2 is 1.87 bits per heavy atom. The molecule has 156 valence electrons. The number of carbonyl (C=O) groups excluding carboxylic acids is 1. The van der Waals surface area contributed by atoms with Gasteiger partial charge in [0.15, 0.2) is 11.5 Å². The summed E-state index contributed by atoms with van der Waals surface area (Å²) >= 11 is 6.43. The molecule has 0 N–H and O–H groups in total. The summed E-state index contributed by atoms with van der Waals surface area (Å²) in [7, 11) is 0. The van der Waals surface area contributed by atoms with Gasteiger partial charge in [0.2, 0.25) is 6.79 Å². The molecule has 1 atom stereocenters. The molecule has 6 nitrogen and oxygen atoms in total.